The number of nitrogens with zero attached hydrogens (tertiary/aromatic N) is 2. The lowest BCUT2D eigenvalue weighted by molar-refractivity contribution is -0.145. The smallest absolute Gasteiger partial charge is 0.259 e. The zero-order chi connectivity index (χ0) is 13.1. The van der Waals surface area contributed by atoms with E-state index in [4.69, 9.17) is 0 Å². The van der Waals surface area contributed by atoms with E-state index in [9.17, 15) is 13.6 Å². The molecule has 0 radical (unpaired) electrons. The Hall–Kier alpha value is -1.49. The third-order valence-electron chi connectivity index (χ3n) is 3.11. The molecule has 1 atom stereocenters. The van der Waals surface area contributed by atoms with E-state index < -0.39 is 12.5 Å². The van der Waals surface area contributed by atoms with Crippen molar-refractivity contribution in [2.75, 3.05) is 20.1 Å². The van der Waals surface area contributed by atoms with Gasteiger partial charge in [0.1, 0.15) is 6.04 Å². The van der Waals surface area contributed by atoms with Crippen molar-refractivity contribution in [1.82, 2.24) is 9.80 Å². The number of carbonyl (C=O) groups is 1. The quantitative estimate of drug-likeness (QED) is 0.818. The molecule has 1 unspecified atom stereocenters. The third kappa shape index (κ3) is 2.85. The minimum absolute atomic E-state index is 0.204. The van der Waals surface area contributed by atoms with Gasteiger partial charge in [0.15, 0.2) is 0 Å². The van der Waals surface area contributed by atoms with E-state index in [1.54, 1.807) is 11.9 Å². The summed E-state index contributed by atoms with van der Waals surface area (Å²) in [6.07, 6.45) is -2.51. The van der Waals surface area contributed by atoms with Crippen LogP contribution in [-0.4, -0.2) is 48.3 Å². The molecular weight excluding hydrogens is 238 g/mol. The van der Waals surface area contributed by atoms with Crippen molar-refractivity contribution in [3.63, 3.8) is 0 Å². The zero-order valence-corrected chi connectivity index (χ0v) is 10.2. The summed E-state index contributed by atoms with van der Waals surface area (Å²) in [5.74, 6) is -0.238. The molecule has 1 fully saturated rings. The average Bonchev–Trinajstić information content (AvgIpc) is 2.33. The highest BCUT2D eigenvalue weighted by atomic mass is 19.3. The molecule has 0 N–H and O–H groups in total. The fourth-order valence-electron chi connectivity index (χ4n) is 2.19. The second-order valence-corrected chi connectivity index (χ2v) is 4.61. The van der Waals surface area contributed by atoms with Crippen LogP contribution in [0.2, 0.25) is 0 Å². The Balaban J connectivity index is 2.15. The lowest BCUT2D eigenvalue weighted by Crippen LogP contribution is -2.57. The number of halogens is 2. The van der Waals surface area contributed by atoms with Crippen LogP contribution in [0.4, 0.5) is 8.78 Å². The summed E-state index contributed by atoms with van der Waals surface area (Å²) in [7, 11) is 1.69. The number of carbonyl (C=O) groups excluding carboxylic acids is 1. The first-order valence-electron chi connectivity index (χ1n) is 5.88. The van der Waals surface area contributed by atoms with Crippen LogP contribution in [0.1, 0.15) is 5.56 Å². The molecule has 0 aromatic heterocycles. The first-order chi connectivity index (χ1) is 8.58. The zero-order valence-electron chi connectivity index (χ0n) is 10.2. The van der Waals surface area contributed by atoms with Crippen molar-refractivity contribution in [2.24, 2.45) is 0 Å². The molecule has 1 aliphatic heterocycles. The lowest BCUT2D eigenvalue weighted by Gasteiger charge is -2.39. The first kappa shape index (κ1) is 13.0. The Bertz CT molecular complexity index is 411. The molecule has 18 heavy (non-hydrogen) atoms. The summed E-state index contributed by atoms with van der Waals surface area (Å²) in [6, 6.07) is 8.21. The Morgan fingerprint density at radius 3 is 2.61 bits per heavy atom. The SMILES string of the molecule is CN1CC(=O)N(Cc2ccccc2)C(C(F)F)C1. The topological polar surface area (TPSA) is 23.6 Å². The van der Waals surface area contributed by atoms with Crippen LogP contribution in [0.3, 0.4) is 0 Å². The van der Waals surface area contributed by atoms with Crippen molar-refractivity contribution in [2.45, 2.75) is 19.0 Å². The van der Waals surface area contributed by atoms with E-state index in [0.29, 0.717) is 0 Å². The molecule has 3 nitrogen and oxygen atoms in total. The Kier molecular flexibility index (Phi) is 3.91. The minimum Gasteiger partial charge on any atom is -0.327 e. The van der Waals surface area contributed by atoms with Gasteiger partial charge < -0.3 is 4.90 Å². The molecule has 1 aromatic carbocycles. The van der Waals surface area contributed by atoms with Gasteiger partial charge in [-0.2, -0.15) is 0 Å². The fraction of sp³-hybridized carbons (Fsp3) is 0.462. The summed E-state index contributed by atoms with van der Waals surface area (Å²) in [6.45, 7) is 0.675. The van der Waals surface area contributed by atoms with Crippen LogP contribution < -0.4 is 0 Å². The summed E-state index contributed by atoms with van der Waals surface area (Å²) in [5, 5.41) is 0. The number of likely N-dealkylation sites (N-methyl/N-ethyl adjacent to an activating group) is 1. The van der Waals surface area contributed by atoms with Crippen molar-refractivity contribution in [3.8, 4) is 0 Å². The summed E-state index contributed by atoms with van der Waals surface area (Å²) >= 11 is 0. The van der Waals surface area contributed by atoms with E-state index in [0.717, 1.165) is 5.56 Å². The summed E-state index contributed by atoms with van der Waals surface area (Å²) in [4.78, 5) is 14.8. The van der Waals surface area contributed by atoms with Crippen LogP contribution in [0.25, 0.3) is 0 Å². The molecule has 98 valence electrons. The van der Waals surface area contributed by atoms with E-state index in [2.05, 4.69) is 0 Å². The number of benzene rings is 1. The van der Waals surface area contributed by atoms with Gasteiger partial charge in [-0.15, -0.1) is 0 Å². The van der Waals surface area contributed by atoms with Gasteiger partial charge in [-0.1, -0.05) is 30.3 Å². The van der Waals surface area contributed by atoms with Crippen molar-refractivity contribution < 1.29 is 13.6 Å². The second kappa shape index (κ2) is 5.44. The Morgan fingerprint density at radius 1 is 1.33 bits per heavy atom. The minimum atomic E-state index is -2.51. The van der Waals surface area contributed by atoms with Gasteiger partial charge in [0, 0.05) is 13.1 Å². The van der Waals surface area contributed by atoms with Crippen molar-refractivity contribution in [3.05, 3.63) is 35.9 Å². The molecular formula is C13H16F2N2O. The molecule has 0 bridgehead atoms. The highest BCUT2D eigenvalue weighted by Crippen LogP contribution is 2.19. The molecule has 0 saturated carbocycles. The molecule has 0 aliphatic carbocycles. The monoisotopic (exact) mass is 254 g/mol. The maximum Gasteiger partial charge on any atom is 0.259 e. The number of rotatable bonds is 3. The molecule has 1 heterocycles. The van der Waals surface area contributed by atoms with Gasteiger partial charge in [-0.25, -0.2) is 8.78 Å². The number of piperazine rings is 1. The molecule has 1 amide bonds. The molecule has 2 rings (SSSR count). The average molecular weight is 254 g/mol. The second-order valence-electron chi connectivity index (χ2n) is 4.61. The first-order valence-corrected chi connectivity index (χ1v) is 5.88. The van der Waals surface area contributed by atoms with Crippen molar-refractivity contribution in [1.29, 1.82) is 0 Å². The van der Waals surface area contributed by atoms with Gasteiger partial charge in [0.2, 0.25) is 5.91 Å². The van der Waals surface area contributed by atoms with Gasteiger partial charge in [-0.05, 0) is 12.6 Å². The molecule has 1 aliphatic rings. The molecule has 1 aromatic rings. The number of alkyl halides is 2. The maximum absolute atomic E-state index is 13.0. The molecule has 5 heteroatoms. The summed E-state index contributed by atoms with van der Waals surface area (Å²) in [5.41, 5.74) is 0.876. The molecule has 1 saturated heterocycles. The predicted molar refractivity (Wildman–Crippen MR) is 64.3 cm³/mol. The summed E-state index contributed by atoms with van der Waals surface area (Å²) < 4.78 is 26.0. The van der Waals surface area contributed by atoms with Gasteiger partial charge in [0.25, 0.3) is 6.43 Å². The van der Waals surface area contributed by atoms with Crippen LogP contribution in [0.15, 0.2) is 30.3 Å². The highest BCUT2D eigenvalue weighted by molar-refractivity contribution is 5.79. The predicted octanol–water partition coefficient (Wildman–Crippen LogP) is 1.59. The van der Waals surface area contributed by atoms with E-state index in [1.165, 1.54) is 4.90 Å². The Morgan fingerprint density at radius 2 is 2.00 bits per heavy atom. The van der Waals surface area contributed by atoms with Gasteiger partial charge in [0.05, 0.1) is 6.54 Å². The van der Waals surface area contributed by atoms with Gasteiger partial charge >= 0.3 is 0 Å². The Labute approximate surface area is 105 Å². The molecule has 0 spiro atoms. The number of amides is 1. The normalized spacial score (nSPS) is 21.7. The third-order valence-corrected chi connectivity index (χ3v) is 3.11. The highest BCUT2D eigenvalue weighted by Gasteiger charge is 2.36. The van der Waals surface area contributed by atoms with Crippen LogP contribution in [0.5, 0.6) is 0 Å². The largest absolute Gasteiger partial charge is 0.327 e. The number of hydrogen-bond acceptors (Lipinski definition) is 2. The van der Waals surface area contributed by atoms with Crippen LogP contribution >= 0.6 is 0 Å². The number of hydrogen-bond donors (Lipinski definition) is 0. The maximum atomic E-state index is 13.0. The fourth-order valence-corrected chi connectivity index (χ4v) is 2.19. The van der Waals surface area contributed by atoms with E-state index in [-0.39, 0.29) is 25.5 Å². The van der Waals surface area contributed by atoms with Crippen LogP contribution in [0, 0.1) is 0 Å². The standard InChI is InChI=1S/C13H16F2N2O/c1-16-8-11(13(14)15)17(12(18)9-16)7-10-5-3-2-4-6-10/h2-6,11,13H,7-9H2,1H3. The van der Waals surface area contributed by atoms with Gasteiger partial charge in [-0.3, -0.25) is 9.69 Å². The van der Waals surface area contributed by atoms with Crippen molar-refractivity contribution >= 4 is 5.91 Å². The van der Waals surface area contributed by atoms with E-state index in [1.807, 2.05) is 30.3 Å². The van der Waals surface area contributed by atoms with E-state index >= 15 is 0 Å². The lowest BCUT2D eigenvalue weighted by atomic mass is 10.1. The van der Waals surface area contributed by atoms with Crippen LogP contribution in [-0.2, 0) is 11.3 Å².